The van der Waals surface area contributed by atoms with Gasteiger partial charge < -0.3 is 9.67 Å². The molecule has 4 nitrogen and oxygen atoms in total. The smallest absolute Gasteiger partial charge is 0.328 e. The highest BCUT2D eigenvalue weighted by Crippen LogP contribution is 2.37. The monoisotopic (exact) mass is 309 g/mol. The van der Waals surface area contributed by atoms with E-state index in [1.165, 1.54) is 11.6 Å². The molecule has 1 aliphatic carbocycles. The Hall–Kier alpha value is -2.62. The Morgan fingerprint density at radius 2 is 1.96 bits per heavy atom. The minimum Gasteiger partial charge on any atom is -0.478 e. The van der Waals surface area contributed by atoms with Crippen LogP contribution in [0, 0.1) is 13.8 Å². The summed E-state index contributed by atoms with van der Waals surface area (Å²) in [6, 6.07) is 10.0. The van der Waals surface area contributed by atoms with Gasteiger partial charge in [-0.25, -0.2) is 4.79 Å². The van der Waals surface area contributed by atoms with Crippen LogP contribution < -0.4 is 5.56 Å². The Bertz CT molecular complexity index is 857. The number of carbonyl (C=O) groups is 1. The molecule has 2 aromatic rings. The third kappa shape index (κ3) is 3.11. The van der Waals surface area contributed by atoms with Gasteiger partial charge in [-0.1, -0.05) is 23.8 Å². The molecule has 23 heavy (non-hydrogen) atoms. The number of hydrogen-bond acceptors (Lipinski definition) is 2. The van der Waals surface area contributed by atoms with Crippen LogP contribution in [0.5, 0.6) is 0 Å². The zero-order valence-corrected chi connectivity index (χ0v) is 13.2. The van der Waals surface area contributed by atoms with Gasteiger partial charge in [-0.3, -0.25) is 4.79 Å². The van der Waals surface area contributed by atoms with Crippen molar-refractivity contribution in [1.82, 2.24) is 4.57 Å². The molecule has 0 atom stereocenters. The second-order valence-electron chi connectivity index (χ2n) is 6.07. The van der Waals surface area contributed by atoms with E-state index >= 15 is 0 Å². The SMILES string of the molecule is Cc1ccc(-c2ccc(/C=C/C(=O)O)c(=O)n2C2CC2)c(C)c1. The first kappa shape index (κ1) is 15.3. The van der Waals surface area contributed by atoms with Crippen molar-refractivity contribution in [3.05, 3.63) is 63.5 Å². The molecule has 0 bridgehead atoms. The van der Waals surface area contributed by atoms with Gasteiger partial charge in [0.2, 0.25) is 0 Å². The van der Waals surface area contributed by atoms with Gasteiger partial charge in [0.15, 0.2) is 0 Å². The third-order valence-electron chi connectivity index (χ3n) is 4.12. The molecule has 1 fully saturated rings. The lowest BCUT2D eigenvalue weighted by Gasteiger charge is -2.15. The molecule has 0 amide bonds. The molecule has 0 saturated heterocycles. The van der Waals surface area contributed by atoms with Crippen molar-refractivity contribution >= 4 is 12.0 Å². The molecule has 1 aromatic heterocycles. The zero-order valence-electron chi connectivity index (χ0n) is 13.2. The summed E-state index contributed by atoms with van der Waals surface area (Å²) in [7, 11) is 0. The number of aliphatic carboxylic acids is 1. The molecule has 0 spiro atoms. The first-order chi connectivity index (χ1) is 11.0. The maximum absolute atomic E-state index is 12.8. The summed E-state index contributed by atoms with van der Waals surface area (Å²) in [5.41, 5.74) is 4.56. The van der Waals surface area contributed by atoms with Gasteiger partial charge >= 0.3 is 5.97 Å². The van der Waals surface area contributed by atoms with E-state index in [-0.39, 0.29) is 11.6 Å². The number of carboxylic acids is 1. The van der Waals surface area contributed by atoms with Gasteiger partial charge in [-0.05, 0) is 50.5 Å². The molecule has 1 aliphatic rings. The van der Waals surface area contributed by atoms with E-state index in [1.807, 2.05) is 36.6 Å². The Kier molecular flexibility index (Phi) is 3.90. The van der Waals surface area contributed by atoms with E-state index in [9.17, 15) is 9.59 Å². The zero-order chi connectivity index (χ0) is 16.6. The number of hydrogen-bond donors (Lipinski definition) is 1. The van der Waals surface area contributed by atoms with Crippen molar-refractivity contribution in [3.8, 4) is 11.3 Å². The van der Waals surface area contributed by atoms with Crippen LogP contribution in [0.2, 0.25) is 0 Å². The molecule has 4 heteroatoms. The fraction of sp³-hybridized carbons (Fsp3) is 0.263. The molecule has 1 heterocycles. The second kappa shape index (κ2) is 5.88. The Morgan fingerprint density at radius 1 is 1.22 bits per heavy atom. The first-order valence-electron chi connectivity index (χ1n) is 7.71. The first-order valence-corrected chi connectivity index (χ1v) is 7.71. The fourth-order valence-corrected chi connectivity index (χ4v) is 2.87. The predicted octanol–water partition coefficient (Wildman–Crippen LogP) is 3.56. The number of carboxylic acid groups (broad SMARTS) is 1. The summed E-state index contributed by atoms with van der Waals surface area (Å²) in [6.45, 7) is 4.09. The van der Waals surface area contributed by atoms with E-state index < -0.39 is 5.97 Å². The maximum Gasteiger partial charge on any atom is 0.328 e. The number of pyridine rings is 1. The van der Waals surface area contributed by atoms with Crippen molar-refractivity contribution in [2.24, 2.45) is 0 Å². The quantitative estimate of drug-likeness (QED) is 0.878. The Morgan fingerprint density at radius 3 is 2.57 bits per heavy atom. The minimum atomic E-state index is -1.05. The highest BCUT2D eigenvalue weighted by atomic mass is 16.4. The topological polar surface area (TPSA) is 59.3 Å². The molecule has 1 aromatic carbocycles. The van der Waals surface area contributed by atoms with Gasteiger partial charge in [0.05, 0.1) is 5.69 Å². The Labute approximate surface area is 134 Å². The fourth-order valence-electron chi connectivity index (χ4n) is 2.87. The molecule has 0 aliphatic heterocycles. The van der Waals surface area contributed by atoms with Crippen molar-refractivity contribution in [2.45, 2.75) is 32.7 Å². The van der Waals surface area contributed by atoms with E-state index in [4.69, 9.17) is 5.11 Å². The number of benzene rings is 1. The number of nitrogens with zero attached hydrogens (tertiary/aromatic N) is 1. The van der Waals surface area contributed by atoms with Gasteiger partial charge in [0.25, 0.3) is 5.56 Å². The number of aryl methyl sites for hydroxylation is 2. The lowest BCUT2D eigenvalue weighted by Crippen LogP contribution is -2.23. The summed E-state index contributed by atoms with van der Waals surface area (Å²) in [6.07, 6.45) is 4.36. The summed E-state index contributed by atoms with van der Waals surface area (Å²) in [5, 5.41) is 8.76. The van der Waals surface area contributed by atoms with Gasteiger partial charge in [-0.2, -0.15) is 0 Å². The lowest BCUT2D eigenvalue weighted by molar-refractivity contribution is -0.131. The van der Waals surface area contributed by atoms with Gasteiger partial charge in [0.1, 0.15) is 0 Å². The molecule has 0 unspecified atom stereocenters. The van der Waals surface area contributed by atoms with Crippen molar-refractivity contribution in [2.75, 3.05) is 0 Å². The van der Waals surface area contributed by atoms with Crippen LogP contribution in [0.3, 0.4) is 0 Å². The van der Waals surface area contributed by atoms with Crippen molar-refractivity contribution < 1.29 is 9.90 Å². The van der Waals surface area contributed by atoms with Gasteiger partial charge in [0, 0.05) is 23.2 Å². The van der Waals surface area contributed by atoms with E-state index in [0.717, 1.165) is 35.7 Å². The van der Waals surface area contributed by atoms with Crippen molar-refractivity contribution in [1.29, 1.82) is 0 Å². The van der Waals surface area contributed by atoms with Crippen LogP contribution >= 0.6 is 0 Å². The molecular formula is C19H19NO3. The molecule has 1 saturated carbocycles. The lowest BCUT2D eigenvalue weighted by atomic mass is 10.0. The van der Waals surface area contributed by atoms with Crippen LogP contribution in [0.1, 0.15) is 35.6 Å². The van der Waals surface area contributed by atoms with Gasteiger partial charge in [-0.15, -0.1) is 0 Å². The second-order valence-corrected chi connectivity index (χ2v) is 6.07. The van der Waals surface area contributed by atoms with Crippen LogP contribution in [0.15, 0.2) is 41.2 Å². The molecule has 3 rings (SSSR count). The normalized spacial score (nSPS) is 14.3. The predicted molar refractivity (Wildman–Crippen MR) is 90.6 cm³/mol. The molecule has 1 N–H and O–H groups in total. The number of aromatic nitrogens is 1. The largest absolute Gasteiger partial charge is 0.478 e. The summed E-state index contributed by atoms with van der Waals surface area (Å²) < 4.78 is 1.82. The van der Waals surface area contributed by atoms with E-state index in [2.05, 4.69) is 6.07 Å². The number of rotatable bonds is 4. The third-order valence-corrected chi connectivity index (χ3v) is 4.12. The van der Waals surface area contributed by atoms with E-state index in [0.29, 0.717) is 5.56 Å². The Balaban J connectivity index is 2.16. The summed E-state index contributed by atoms with van der Waals surface area (Å²) in [5.74, 6) is -1.05. The summed E-state index contributed by atoms with van der Waals surface area (Å²) in [4.78, 5) is 23.4. The minimum absolute atomic E-state index is 0.123. The maximum atomic E-state index is 12.8. The van der Waals surface area contributed by atoms with Crippen LogP contribution in [0.4, 0.5) is 0 Å². The highest BCUT2D eigenvalue weighted by molar-refractivity contribution is 5.85. The molecular weight excluding hydrogens is 290 g/mol. The highest BCUT2D eigenvalue weighted by Gasteiger charge is 2.28. The average Bonchev–Trinajstić information content (AvgIpc) is 3.30. The molecule has 0 radical (unpaired) electrons. The average molecular weight is 309 g/mol. The summed E-state index contributed by atoms with van der Waals surface area (Å²) >= 11 is 0. The molecule has 118 valence electrons. The van der Waals surface area contributed by atoms with E-state index in [1.54, 1.807) is 6.07 Å². The standard InChI is InChI=1S/C19H19NO3/c1-12-3-8-16(13(2)11-12)17-9-4-14(5-10-18(21)22)19(23)20(17)15-6-7-15/h3-5,8-11,15H,6-7H2,1-2H3,(H,21,22)/b10-5+. The van der Waals surface area contributed by atoms with Crippen LogP contribution in [-0.2, 0) is 4.79 Å². The van der Waals surface area contributed by atoms with Crippen LogP contribution in [-0.4, -0.2) is 15.6 Å². The van der Waals surface area contributed by atoms with Crippen molar-refractivity contribution in [3.63, 3.8) is 0 Å². The van der Waals surface area contributed by atoms with Crippen LogP contribution in [0.25, 0.3) is 17.3 Å².